The van der Waals surface area contributed by atoms with Crippen LogP contribution in [0.3, 0.4) is 0 Å². The van der Waals surface area contributed by atoms with Gasteiger partial charge in [0.2, 0.25) is 0 Å². The van der Waals surface area contributed by atoms with Gasteiger partial charge in [0.1, 0.15) is 17.6 Å². The van der Waals surface area contributed by atoms with Crippen LogP contribution in [0.25, 0.3) is 28.0 Å². The number of para-hydroxylation sites is 2. The molecule has 0 spiro atoms. The molecule has 27 heavy (non-hydrogen) atoms. The molecule has 0 radical (unpaired) electrons. The molecule has 0 aliphatic heterocycles. The second-order valence-corrected chi connectivity index (χ2v) is 6.94. The van der Waals surface area contributed by atoms with Crippen molar-refractivity contribution in [2.24, 2.45) is 0 Å². The minimum absolute atomic E-state index is 0.806. The van der Waals surface area contributed by atoms with Gasteiger partial charge >= 0.3 is 0 Å². The maximum absolute atomic E-state index is 5.61. The Hall–Kier alpha value is -3.14. The van der Waals surface area contributed by atoms with Gasteiger partial charge in [-0.05, 0) is 48.9 Å². The van der Waals surface area contributed by atoms with Crippen LogP contribution in [-0.4, -0.2) is 21.6 Å². The summed E-state index contributed by atoms with van der Waals surface area (Å²) in [4.78, 5) is 9.59. The highest BCUT2D eigenvalue weighted by atomic mass is 16.5. The van der Waals surface area contributed by atoms with E-state index in [2.05, 4.69) is 45.9 Å². The average Bonchev–Trinajstić information content (AvgIpc) is 3.15. The van der Waals surface area contributed by atoms with E-state index >= 15 is 0 Å². The molecule has 4 heteroatoms. The summed E-state index contributed by atoms with van der Waals surface area (Å²) in [6.07, 6.45) is 6.38. The van der Waals surface area contributed by atoms with Crippen molar-refractivity contribution in [1.82, 2.24) is 14.5 Å². The third-order valence-corrected chi connectivity index (χ3v) is 5.37. The smallest absolute Gasteiger partial charge is 0.178 e. The second-order valence-electron chi connectivity index (χ2n) is 6.94. The molecule has 2 aromatic heterocycles. The molecular weight excluding hydrogens is 334 g/mol. The Morgan fingerprint density at radius 2 is 1.70 bits per heavy atom. The summed E-state index contributed by atoms with van der Waals surface area (Å²) in [7, 11) is 1.70. The molecule has 1 aliphatic carbocycles. The molecule has 0 bridgehead atoms. The van der Waals surface area contributed by atoms with Gasteiger partial charge in [-0.15, -0.1) is 0 Å². The Kier molecular flexibility index (Phi) is 3.89. The van der Waals surface area contributed by atoms with Gasteiger partial charge in [-0.3, -0.25) is 4.57 Å². The largest absolute Gasteiger partial charge is 0.495 e. The fourth-order valence-corrected chi connectivity index (χ4v) is 4.13. The van der Waals surface area contributed by atoms with Crippen LogP contribution in [0.4, 0.5) is 0 Å². The van der Waals surface area contributed by atoms with Crippen LogP contribution >= 0.6 is 0 Å². The molecule has 4 aromatic rings. The molecule has 0 saturated heterocycles. The summed E-state index contributed by atoms with van der Waals surface area (Å²) in [6, 6.07) is 18.7. The first-order valence-corrected chi connectivity index (χ1v) is 9.44. The molecule has 1 aliphatic rings. The molecule has 0 amide bonds. The molecule has 4 nitrogen and oxygen atoms in total. The highest BCUT2D eigenvalue weighted by molar-refractivity contribution is 5.94. The number of nitrogens with zero attached hydrogens (tertiary/aromatic N) is 3. The van der Waals surface area contributed by atoms with Crippen molar-refractivity contribution in [2.45, 2.75) is 25.7 Å². The van der Waals surface area contributed by atoms with Crippen molar-refractivity contribution in [2.75, 3.05) is 7.11 Å². The summed E-state index contributed by atoms with van der Waals surface area (Å²) < 4.78 is 7.73. The van der Waals surface area contributed by atoms with Gasteiger partial charge in [0.05, 0.1) is 12.8 Å². The van der Waals surface area contributed by atoms with Gasteiger partial charge in [0.25, 0.3) is 0 Å². The Bertz CT molecular complexity index is 1120. The van der Waals surface area contributed by atoms with Gasteiger partial charge in [0.15, 0.2) is 5.65 Å². The molecule has 134 valence electrons. The lowest BCUT2D eigenvalue weighted by Gasteiger charge is -2.21. The van der Waals surface area contributed by atoms with Crippen LogP contribution in [0, 0.1) is 0 Å². The maximum Gasteiger partial charge on any atom is 0.178 e. The van der Waals surface area contributed by atoms with Crippen molar-refractivity contribution in [3.05, 3.63) is 72.2 Å². The Labute approximate surface area is 158 Å². The lowest BCUT2D eigenvalue weighted by Crippen LogP contribution is -2.09. The molecule has 0 N–H and O–H groups in total. The first kappa shape index (κ1) is 16.1. The van der Waals surface area contributed by atoms with Crippen LogP contribution in [0.2, 0.25) is 0 Å². The monoisotopic (exact) mass is 355 g/mol. The molecular formula is C23H21N3O. The summed E-state index contributed by atoms with van der Waals surface area (Å²) in [5.74, 6) is 0.827. The summed E-state index contributed by atoms with van der Waals surface area (Å²) in [6.45, 7) is 0. The third kappa shape index (κ3) is 2.60. The lowest BCUT2D eigenvalue weighted by atomic mass is 9.88. The number of fused-ring (bicyclic) bond motifs is 2. The number of pyridine rings is 1. The van der Waals surface area contributed by atoms with E-state index in [1.54, 1.807) is 7.11 Å². The predicted octanol–water partition coefficient (Wildman–Crippen LogP) is 4.97. The molecule has 2 aromatic carbocycles. The van der Waals surface area contributed by atoms with Crippen LogP contribution in [-0.2, 0) is 12.8 Å². The molecule has 0 unspecified atom stereocenters. The first-order chi connectivity index (χ1) is 13.4. The van der Waals surface area contributed by atoms with E-state index < -0.39 is 0 Å². The fourth-order valence-electron chi connectivity index (χ4n) is 4.13. The Morgan fingerprint density at radius 3 is 2.56 bits per heavy atom. The van der Waals surface area contributed by atoms with Gasteiger partial charge in [-0.1, -0.05) is 42.5 Å². The number of hydrogen-bond acceptors (Lipinski definition) is 3. The Morgan fingerprint density at radius 1 is 0.926 bits per heavy atom. The fraction of sp³-hybridized carbons (Fsp3) is 0.217. The van der Waals surface area contributed by atoms with Crippen LogP contribution < -0.4 is 4.74 Å². The SMILES string of the molecule is COc1ccccc1-n1cnc2nc3c(c(-c4ccccc4)c21)CCCC3. The van der Waals surface area contributed by atoms with Crippen LogP contribution in [0.1, 0.15) is 24.1 Å². The average molecular weight is 355 g/mol. The molecule has 0 fully saturated rings. The van der Waals surface area contributed by atoms with Crippen molar-refractivity contribution in [3.8, 4) is 22.6 Å². The van der Waals surface area contributed by atoms with Gasteiger partial charge in [0, 0.05) is 11.3 Å². The van der Waals surface area contributed by atoms with Crippen molar-refractivity contribution >= 4 is 11.2 Å². The van der Waals surface area contributed by atoms with E-state index in [4.69, 9.17) is 9.72 Å². The normalized spacial score (nSPS) is 13.5. The summed E-state index contributed by atoms with van der Waals surface area (Å²) in [5.41, 5.74) is 7.91. The number of ether oxygens (including phenoxy) is 1. The number of aryl methyl sites for hydroxylation is 1. The zero-order valence-electron chi connectivity index (χ0n) is 15.4. The minimum atomic E-state index is 0.806. The lowest BCUT2D eigenvalue weighted by molar-refractivity contribution is 0.413. The highest BCUT2D eigenvalue weighted by Crippen LogP contribution is 2.38. The zero-order chi connectivity index (χ0) is 18.2. The van der Waals surface area contributed by atoms with E-state index in [1.807, 2.05) is 24.5 Å². The third-order valence-electron chi connectivity index (χ3n) is 5.37. The van der Waals surface area contributed by atoms with E-state index in [0.29, 0.717) is 0 Å². The topological polar surface area (TPSA) is 39.9 Å². The first-order valence-electron chi connectivity index (χ1n) is 9.44. The highest BCUT2D eigenvalue weighted by Gasteiger charge is 2.23. The van der Waals surface area contributed by atoms with Gasteiger partial charge in [-0.25, -0.2) is 9.97 Å². The van der Waals surface area contributed by atoms with Crippen molar-refractivity contribution in [1.29, 1.82) is 0 Å². The van der Waals surface area contributed by atoms with E-state index in [-0.39, 0.29) is 0 Å². The van der Waals surface area contributed by atoms with Gasteiger partial charge < -0.3 is 4.74 Å². The standard InChI is InChI=1S/C23H21N3O/c1-27-20-14-8-7-13-19(20)26-15-24-23-22(26)21(16-9-3-2-4-10-16)17-11-5-6-12-18(17)25-23/h2-4,7-10,13-15H,5-6,11-12H2,1H3. The molecule has 0 atom stereocenters. The van der Waals surface area contributed by atoms with Crippen molar-refractivity contribution < 1.29 is 4.74 Å². The molecule has 0 saturated carbocycles. The molecule has 5 rings (SSSR count). The number of imidazole rings is 1. The maximum atomic E-state index is 5.61. The number of methoxy groups -OCH3 is 1. The molecule has 2 heterocycles. The minimum Gasteiger partial charge on any atom is -0.495 e. The van der Waals surface area contributed by atoms with E-state index in [0.717, 1.165) is 35.4 Å². The quantitative estimate of drug-likeness (QED) is 0.521. The Balaban J connectivity index is 1.88. The number of hydrogen-bond donors (Lipinski definition) is 0. The van der Waals surface area contributed by atoms with Crippen LogP contribution in [0.15, 0.2) is 60.9 Å². The van der Waals surface area contributed by atoms with E-state index in [9.17, 15) is 0 Å². The zero-order valence-corrected chi connectivity index (χ0v) is 15.4. The number of rotatable bonds is 3. The predicted molar refractivity (Wildman–Crippen MR) is 107 cm³/mol. The van der Waals surface area contributed by atoms with Gasteiger partial charge in [-0.2, -0.15) is 0 Å². The van der Waals surface area contributed by atoms with E-state index in [1.165, 1.54) is 35.2 Å². The number of aromatic nitrogens is 3. The van der Waals surface area contributed by atoms with Crippen LogP contribution in [0.5, 0.6) is 5.75 Å². The van der Waals surface area contributed by atoms with Crippen molar-refractivity contribution in [3.63, 3.8) is 0 Å². The summed E-state index contributed by atoms with van der Waals surface area (Å²) >= 11 is 0. The second kappa shape index (κ2) is 6.54. The summed E-state index contributed by atoms with van der Waals surface area (Å²) in [5, 5.41) is 0. The number of benzene rings is 2.